The molecule has 5 rings (SSSR count). The first-order chi connectivity index (χ1) is 11.8. The van der Waals surface area contributed by atoms with Gasteiger partial charge in [0.1, 0.15) is 11.2 Å². The zero-order valence-electron chi connectivity index (χ0n) is 12.8. The van der Waals surface area contributed by atoms with Gasteiger partial charge >= 0.3 is 0 Å². The molecule has 1 aromatic heterocycles. The van der Waals surface area contributed by atoms with Gasteiger partial charge in [-0.05, 0) is 52.2 Å². The Morgan fingerprint density at radius 3 is 2.33 bits per heavy atom. The molecule has 0 saturated carbocycles. The largest absolute Gasteiger partial charge is 0.456 e. The van der Waals surface area contributed by atoms with Crippen LogP contribution in [0, 0.1) is 0 Å². The van der Waals surface area contributed by atoms with Crippen LogP contribution in [-0.2, 0) is 0 Å². The minimum absolute atomic E-state index is 0.727. The number of halogens is 1. The number of hydrogen-bond acceptors (Lipinski definition) is 1. The first-order valence-electron chi connectivity index (χ1n) is 7.89. The fourth-order valence-corrected chi connectivity index (χ4v) is 3.60. The third kappa shape index (κ3) is 2.02. The Bertz CT molecular complexity index is 1220. The van der Waals surface area contributed by atoms with Crippen molar-refractivity contribution in [3.05, 3.63) is 83.9 Å². The van der Waals surface area contributed by atoms with Crippen molar-refractivity contribution in [2.75, 3.05) is 0 Å². The minimum atomic E-state index is 0.727. The molecular weight excluding hydrogens is 316 g/mol. The highest BCUT2D eigenvalue weighted by Crippen LogP contribution is 2.36. The molecule has 0 atom stereocenters. The van der Waals surface area contributed by atoms with Crippen LogP contribution in [0.5, 0.6) is 0 Å². The average Bonchev–Trinajstić information content (AvgIpc) is 3.00. The molecule has 0 spiro atoms. The lowest BCUT2D eigenvalue weighted by Gasteiger charge is -2.04. The third-order valence-electron chi connectivity index (χ3n) is 4.53. The fourth-order valence-electron chi connectivity index (χ4n) is 3.33. The predicted molar refractivity (Wildman–Crippen MR) is 102 cm³/mol. The summed E-state index contributed by atoms with van der Waals surface area (Å²) < 4.78 is 6.00. The summed E-state index contributed by atoms with van der Waals surface area (Å²) in [4.78, 5) is 0. The monoisotopic (exact) mass is 328 g/mol. The molecule has 0 N–H and O–H groups in total. The van der Waals surface area contributed by atoms with Gasteiger partial charge in [0.25, 0.3) is 0 Å². The highest BCUT2D eigenvalue weighted by atomic mass is 35.5. The average molecular weight is 329 g/mol. The van der Waals surface area contributed by atoms with Crippen molar-refractivity contribution in [3.8, 4) is 11.1 Å². The van der Waals surface area contributed by atoms with Crippen molar-refractivity contribution in [1.29, 1.82) is 0 Å². The van der Waals surface area contributed by atoms with Crippen molar-refractivity contribution in [1.82, 2.24) is 0 Å². The van der Waals surface area contributed by atoms with Crippen LogP contribution >= 0.6 is 11.6 Å². The minimum Gasteiger partial charge on any atom is -0.456 e. The molecule has 5 aromatic rings. The Labute approximate surface area is 144 Å². The van der Waals surface area contributed by atoms with E-state index in [9.17, 15) is 0 Å². The maximum Gasteiger partial charge on any atom is 0.136 e. The van der Waals surface area contributed by atoms with Gasteiger partial charge < -0.3 is 4.42 Å². The number of rotatable bonds is 1. The van der Waals surface area contributed by atoms with Crippen LogP contribution in [0.2, 0.25) is 5.02 Å². The van der Waals surface area contributed by atoms with Crippen molar-refractivity contribution in [2.24, 2.45) is 0 Å². The molecule has 0 radical (unpaired) electrons. The zero-order valence-corrected chi connectivity index (χ0v) is 13.5. The van der Waals surface area contributed by atoms with Gasteiger partial charge in [0.05, 0.1) is 5.02 Å². The molecule has 0 aliphatic heterocycles. The summed E-state index contributed by atoms with van der Waals surface area (Å²) in [6, 6.07) is 27.0. The van der Waals surface area contributed by atoms with Crippen LogP contribution in [0.25, 0.3) is 43.8 Å². The van der Waals surface area contributed by atoms with E-state index in [2.05, 4.69) is 60.7 Å². The van der Waals surface area contributed by atoms with Crippen LogP contribution in [0.1, 0.15) is 0 Å². The van der Waals surface area contributed by atoms with Gasteiger partial charge in [-0.3, -0.25) is 0 Å². The maximum absolute atomic E-state index is 6.34. The Kier molecular flexibility index (Phi) is 2.91. The van der Waals surface area contributed by atoms with E-state index in [1.807, 2.05) is 18.2 Å². The lowest BCUT2D eigenvalue weighted by atomic mass is 10.0. The third-order valence-corrected chi connectivity index (χ3v) is 4.84. The topological polar surface area (TPSA) is 13.1 Å². The van der Waals surface area contributed by atoms with Crippen LogP contribution in [0.15, 0.2) is 83.3 Å². The van der Waals surface area contributed by atoms with Gasteiger partial charge in [-0.1, -0.05) is 60.1 Å². The molecule has 4 aromatic carbocycles. The molecule has 0 unspecified atom stereocenters. The standard InChI is InChI=1S/C22H13ClO/c23-19-6-3-7-20-22(19)18-11-10-17(13-21(18)24-20)16-9-8-14-4-1-2-5-15(14)12-16/h1-13H. The van der Waals surface area contributed by atoms with E-state index < -0.39 is 0 Å². The summed E-state index contributed by atoms with van der Waals surface area (Å²) in [6.45, 7) is 0. The molecule has 1 nitrogen and oxygen atoms in total. The second-order valence-electron chi connectivity index (χ2n) is 5.99. The van der Waals surface area contributed by atoms with E-state index >= 15 is 0 Å². The second-order valence-corrected chi connectivity index (χ2v) is 6.40. The molecule has 0 aliphatic rings. The summed E-state index contributed by atoms with van der Waals surface area (Å²) in [5.74, 6) is 0. The van der Waals surface area contributed by atoms with Crippen molar-refractivity contribution in [2.45, 2.75) is 0 Å². The Hall–Kier alpha value is -2.77. The summed E-state index contributed by atoms with van der Waals surface area (Å²) in [5, 5.41) is 5.25. The van der Waals surface area contributed by atoms with Crippen LogP contribution in [0.3, 0.4) is 0 Å². The quantitative estimate of drug-likeness (QED) is 0.321. The van der Waals surface area contributed by atoms with Gasteiger partial charge in [-0.15, -0.1) is 0 Å². The second kappa shape index (κ2) is 5.12. The number of fused-ring (bicyclic) bond motifs is 4. The first kappa shape index (κ1) is 13.6. The molecule has 2 heteroatoms. The van der Waals surface area contributed by atoms with Crippen molar-refractivity contribution >= 4 is 44.3 Å². The van der Waals surface area contributed by atoms with E-state index in [4.69, 9.17) is 16.0 Å². The predicted octanol–water partition coefficient (Wildman–Crippen LogP) is 7.06. The highest BCUT2D eigenvalue weighted by molar-refractivity contribution is 6.37. The molecule has 24 heavy (non-hydrogen) atoms. The molecule has 0 saturated heterocycles. The lowest BCUT2D eigenvalue weighted by molar-refractivity contribution is 0.669. The summed E-state index contributed by atoms with van der Waals surface area (Å²) >= 11 is 6.34. The molecule has 1 heterocycles. The Morgan fingerprint density at radius 1 is 0.625 bits per heavy atom. The zero-order chi connectivity index (χ0) is 16.1. The van der Waals surface area contributed by atoms with E-state index in [0.29, 0.717) is 0 Å². The van der Waals surface area contributed by atoms with Gasteiger partial charge in [0.2, 0.25) is 0 Å². The maximum atomic E-state index is 6.34. The SMILES string of the molecule is Clc1cccc2oc3cc(-c4ccc5ccccc5c4)ccc3c12. The number of hydrogen-bond donors (Lipinski definition) is 0. The first-order valence-corrected chi connectivity index (χ1v) is 8.27. The van der Waals surface area contributed by atoms with E-state index in [-0.39, 0.29) is 0 Å². The van der Waals surface area contributed by atoms with Gasteiger partial charge in [0.15, 0.2) is 0 Å². The van der Waals surface area contributed by atoms with E-state index in [1.165, 1.54) is 16.3 Å². The van der Waals surface area contributed by atoms with Crippen molar-refractivity contribution < 1.29 is 4.42 Å². The van der Waals surface area contributed by atoms with Crippen LogP contribution < -0.4 is 0 Å². The Morgan fingerprint density at radius 2 is 1.42 bits per heavy atom. The molecule has 0 amide bonds. The summed E-state index contributed by atoms with van der Waals surface area (Å²) in [6.07, 6.45) is 0. The molecular formula is C22H13ClO. The van der Waals surface area contributed by atoms with Gasteiger partial charge in [-0.2, -0.15) is 0 Å². The molecule has 0 bridgehead atoms. The van der Waals surface area contributed by atoms with E-state index in [1.54, 1.807) is 0 Å². The molecule has 0 aliphatic carbocycles. The smallest absolute Gasteiger partial charge is 0.136 e. The van der Waals surface area contributed by atoms with Crippen LogP contribution in [-0.4, -0.2) is 0 Å². The number of furan rings is 1. The van der Waals surface area contributed by atoms with Crippen LogP contribution in [0.4, 0.5) is 0 Å². The lowest BCUT2D eigenvalue weighted by Crippen LogP contribution is -1.79. The number of benzene rings is 4. The Balaban J connectivity index is 1.74. The van der Waals surface area contributed by atoms with Gasteiger partial charge in [0, 0.05) is 10.8 Å². The summed E-state index contributed by atoms with van der Waals surface area (Å²) in [7, 11) is 0. The van der Waals surface area contributed by atoms with Gasteiger partial charge in [-0.25, -0.2) is 0 Å². The highest BCUT2D eigenvalue weighted by Gasteiger charge is 2.11. The molecule has 114 valence electrons. The fraction of sp³-hybridized carbons (Fsp3) is 0. The van der Waals surface area contributed by atoms with Crippen molar-refractivity contribution in [3.63, 3.8) is 0 Å². The van der Waals surface area contributed by atoms with E-state index in [0.717, 1.165) is 32.5 Å². The normalized spacial score (nSPS) is 11.5. The summed E-state index contributed by atoms with van der Waals surface area (Å²) in [5.41, 5.74) is 4.02. The molecule has 0 fully saturated rings.